The molecule has 1 N–H and O–H groups in total. The summed E-state index contributed by atoms with van der Waals surface area (Å²) in [6.07, 6.45) is 0.212. The van der Waals surface area contributed by atoms with E-state index in [1.807, 2.05) is 6.07 Å². The van der Waals surface area contributed by atoms with Gasteiger partial charge in [0.15, 0.2) is 0 Å². The summed E-state index contributed by atoms with van der Waals surface area (Å²) in [6, 6.07) is 1.87. The Hall–Kier alpha value is -1.57. The Labute approximate surface area is 75.6 Å². The number of aldehydes is 1. The number of nitrogens with zero attached hydrogens (tertiary/aromatic N) is 2. The first-order valence-electron chi connectivity index (χ1n) is 4.01. The molecule has 0 bridgehead atoms. The lowest BCUT2D eigenvalue weighted by molar-refractivity contribution is -0.110. The molecule has 0 aromatic rings. The fourth-order valence-corrected chi connectivity index (χ4v) is 1.50. The molecule has 13 heavy (non-hydrogen) atoms. The smallest absolute Gasteiger partial charge is 0.407 e. The van der Waals surface area contributed by atoms with Crippen LogP contribution in [0.5, 0.6) is 0 Å². The van der Waals surface area contributed by atoms with Crippen molar-refractivity contribution in [3.05, 3.63) is 0 Å². The fourth-order valence-electron chi connectivity index (χ4n) is 1.50. The number of rotatable bonds is 2. The summed E-state index contributed by atoms with van der Waals surface area (Å²) in [4.78, 5) is 22.1. The summed E-state index contributed by atoms with van der Waals surface area (Å²) in [6.45, 7) is 0.721. The Morgan fingerprint density at radius 2 is 2.46 bits per heavy atom. The summed E-state index contributed by atoms with van der Waals surface area (Å²) in [5.74, 6) is -0.789. The van der Waals surface area contributed by atoms with Crippen LogP contribution < -0.4 is 0 Å². The van der Waals surface area contributed by atoms with E-state index in [-0.39, 0.29) is 5.92 Å². The van der Waals surface area contributed by atoms with Crippen molar-refractivity contribution in [2.75, 3.05) is 13.1 Å². The van der Waals surface area contributed by atoms with E-state index in [9.17, 15) is 9.59 Å². The second-order valence-electron chi connectivity index (χ2n) is 3.07. The lowest BCUT2D eigenvalue weighted by Crippen LogP contribution is -2.28. The number of nitriles is 1. The number of likely N-dealkylation sites (tertiary alicyclic amines) is 1. The number of amides is 1. The molecule has 0 spiro atoms. The number of hydrogen-bond donors (Lipinski definition) is 1. The molecule has 1 fully saturated rings. The summed E-state index contributed by atoms with van der Waals surface area (Å²) >= 11 is 0. The van der Waals surface area contributed by atoms with E-state index in [2.05, 4.69) is 0 Å². The van der Waals surface area contributed by atoms with E-state index in [1.165, 1.54) is 4.90 Å². The van der Waals surface area contributed by atoms with Gasteiger partial charge in [-0.2, -0.15) is 5.26 Å². The van der Waals surface area contributed by atoms with Gasteiger partial charge in [0, 0.05) is 19.0 Å². The van der Waals surface area contributed by atoms with Gasteiger partial charge in [0.25, 0.3) is 0 Å². The van der Waals surface area contributed by atoms with Gasteiger partial charge >= 0.3 is 6.09 Å². The Kier molecular flexibility index (Phi) is 2.85. The minimum atomic E-state index is -0.981. The van der Waals surface area contributed by atoms with Crippen LogP contribution in [0.3, 0.4) is 0 Å². The highest BCUT2D eigenvalue weighted by atomic mass is 16.4. The summed E-state index contributed by atoms with van der Waals surface area (Å²) < 4.78 is 0. The van der Waals surface area contributed by atoms with Crippen molar-refractivity contribution >= 4 is 12.4 Å². The Bertz CT molecular complexity index is 259. The van der Waals surface area contributed by atoms with Gasteiger partial charge in [-0.05, 0) is 6.42 Å². The van der Waals surface area contributed by atoms with Gasteiger partial charge in [0.05, 0.1) is 6.07 Å². The van der Waals surface area contributed by atoms with Gasteiger partial charge in [-0.15, -0.1) is 0 Å². The quantitative estimate of drug-likeness (QED) is 0.624. The molecule has 0 radical (unpaired) electrons. The SMILES string of the molecule is N#CC(C=O)[C@@H]1CCN(C(=O)O)C1. The predicted octanol–water partition coefficient (Wildman–Crippen LogP) is 0.325. The average molecular weight is 182 g/mol. The highest BCUT2D eigenvalue weighted by Gasteiger charge is 2.31. The first kappa shape index (κ1) is 9.52. The van der Waals surface area contributed by atoms with Crippen LogP contribution in [0, 0.1) is 23.2 Å². The zero-order valence-corrected chi connectivity index (χ0v) is 7.01. The van der Waals surface area contributed by atoms with E-state index < -0.39 is 12.0 Å². The van der Waals surface area contributed by atoms with Crippen molar-refractivity contribution in [3.8, 4) is 6.07 Å². The van der Waals surface area contributed by atoms with Crippen molar-refractivity contribution in [1.82, 2.24) is 4.90 Å². The molecule has 1 heterocycles. The molecule has 0 aromatic carbocycles. The standard InChI is InChI=1S/C8H10N2O3/c9-3-7(5-11)6-1-2-10(4-6)8(12)13/h5-7H,1-2,4H2,(H,12,13)/t6-,7?/m1/s1. The van der Waals surface area contributed by atoms with Gasteiger partial charge in [-0.25, -0.2) is 4.79 Å². The van der Waals surface area contributed by atoms with E-state index in [4.69, 9.17) is 10.4 Å². The molecule has 1 amide bonds. The minimum Gasteiger partial charge on any atom is -0.465 e. The maximum absolute atomic E-state index is 10.5. The summed E-state index contributed by atoms with van der Waals surface area (Å²) in [5.41, 5.74) is 0. The van der Waals surface area contributed by atoms with Gasteiger partial charge in [0.2, 0.25) is 0 Å². The minimum absolute atomic E-state index is 0.126. The van der Waals surface area contributed by atoms with Gasteiger partial charge in [-0.3, -0.25) is 0 Å². The van der Waals surface area contributed by atoms with Crippen LogP contribution in [0.25, 0.3) is 0 Å². The van der Waals surface area contributed by atoms with Crippen molar-refractivity contribution in [2.24, 2.45) is 11.8 Å². The van der Waals surface area contributed by atoms with E-state index in [0.717, 1.165) is 0 Å². The van der Waals surface area contributed by atoms with Crippen LogP contribution in [-0.2, 0) is 4.79 Å². The van der Waals surface area contributed by atoms with E-state index in [1.54, 1.807) is 0 Å². The molecular weight excluding hydrogens is 172 g/mol. The van der Waals surface area contributed by atoms with E-state index >= 15 is 0 Å². The van der Waals surface area contributed by atoms with Gasteiger partial charge < -0.3 is 14.8 Å². The number of carboxylic acid groups (broad SMARTS) is 1. The average Bonchev–Trinajstić information content (AvgIpc) is 2.56. The molecule has 1 rings (SSSR count). The second kappa shape index (κ2) is 3.90. The van der Waals surface area contributed by atoms with Crippen molar-refractivity contribution in [3.63, 3.8) is 0 Å². The number of hydrogen-bond acceptors (Lipinski definition) is 3. The lowest BCUT2D eigenvalue weighted by atomic mass is 9.94. The molecule has 5 heteroatoms. The third kappa shape index (κ3) is 1.96. The summed E-state index contributed by atoms with van der Waals surface area (Å²) in [5, 5.41) is 17.2. The number of carbonyl (C=O) groups excluding carboxylic acids is 1. The molecule has 0 aliphatic carbocycles. The third-order valence-corrected chi connectivity index (χ3v) is 2.30. The highest BCUT2D eigenvalue weighted by molar-refractivity contribution is 5.66. The maximum Gasteiger partial charge on any atom is 0.407 e. The maximum atomic E-state index is 10.5. The molecule has 0 saturated carbocycles. The molecule has 70 valence electrons. The molecule has 1 aliphatic heterocycles. The molecule has 1 aliphatic rings. The molecule has 5 nitrogen and oxygen atoms in total. The number of carbonyl (C=O) groups is 2. The van der Waals surface area contributed by atoms with Crippen LogP contribution in [0.2, 0.25) is 0 Å². The van der Waals surface area contributed by atoms with Crippen LogP contribution in [0.15, 0.2) is 0 Å². The topological polar surface area (TPSA) is 81.4 Å². The normalized spacial score (nSPS) is 23.6. The zero-order valence-electron chi connectivity index (χ0n) is 7.01. The molecule has 0 aromatic heterocycles. The summed E-state index contributed by atoms with van der Waals surface area (Å²) in [7, 11) is 0. The largest absolute Gasteiger partial charge is 0.465 e. The predicted molar refractivity (Wildman–Crippen MR) is 42.9 cm³/mol. The molecule has 1 unspecified atom stereocenters. The Morgan fingerprint density at radius 1 is 1.77 bits per heavy atom. The van der Waals surface area contributed by atoms with Crippen molar-refractivity contribution < 1.29 is 14.7 Å². The zero-order chi connectivity index (χ0) is 9.84. The third-order valence-electron chi connectivity index (χ3n) is 2.30. The van der Waals surface area contributed by atoms with Gasteiger partial charge in [0.1, 0.15) is 12.2 Å². The Balaban J connectivity index is 2.54. The molecular formula is C8H10N2O3. The van der Waals surface area contributed by atoms with Crippen LogP contribution in [-0.4, -0.2) is 35.5 Å². The van der Waals surface area contributed by atoms with Gasteiger partial charge in [-0.1, -0.05) is 0 Å². The van der Waals surface area contributed by atoms with Crippen molar-refractivity contribution in [2.45, 2.75) is 6.42 Å². The van der Waals surface area contributed by atoms with E-state index in [0.29, 0.717) is 25.8 Å². The van der Waals surface area contributed by atoms with Crippen LogP contribution in [0.1, 0.15) is 6.42 Å². The second-order valence-corrected chi connectivity index (χ2v) is 3.07. The molecule has 1 saturated heterocycles. The highest BCUT2D eigenvalue weighted by Crippen LogP contribution is 2.22. The monoisotopic (exact) mass is 182 g/mol. The molecule has 2 atom stereocenters. The Morgan fingerprint density at radius 3 is 2.85 bits per heavy atom. The first-order valence-corrected chi connectivity index (χ1v) is 4.01. The van der Waals surface area contributed by atoms with Crippen LogP contribution >= 0.6 is 0 Å². The van der Waals surface area contributed by atoms with Crippen molar-refractivity contribution in [1.29, 1.82) is 5.26 Å². The first-order chi connectivity index (χ1) is 6.19. The lowest BCUT2D eigenvalue weighted by Gasteiger charge is -2.12. The fraction of sp³-hybridized carbons (Fsp3) is 0.625. The van der Waals surface area contributed by atoms with Crippen LogP contribution in [0.4, 0.5) is 4.79 Å².